The zero-order valence-corrected chi connectivity index (χ0v) is 11.8. The molecule has 0 radical (unpaired) electrons. The number of hydrogen-bond acceptors (Lipinski definition) is 3. The molecule has 1 N–H and O–H groups in total. The van der Waals surface area contributed by atoms with E-state index in [9.17, 15) is 4.79 Å². The number of carbonyl (C=O) groups is 1. The van der Waals surface area contributed by atoms with Crippen LogP contribution >= 0.6 is 0 Å². The number of nitrogens with zero attached hydrogens (tertiary/aromatic N) is 3. The molecule has 0 spiro atoms. The highest BCUT2D eigenvalue weighted by atomic mass is 16.1. The molecular weight excluding hydrogens is 240 g/mol. The maximum absolute atomic E-state index is 10.8. The van der Waals surface area contributed by atoms with Gasteiger partial charge < -0.3 is 5.32 Å². The molecule has 0 unspecified atom stereocenters. The van der Waals surface area contributed by atoms with Crippen LogP contribution in [0, 0.1) is 5.92 Å². The summed E-state index contributed by atoms with van der Waals surface area (Å²) in [6, 6.07) is 0. The molecule has 1 aromatic rings. The Morgan fingerprint density at radius 3 is 2.95 bits per heavy atom. The molecule has 5 heteroatoms. The van der Waals surface area contributed by atoms with Crippen molar-refractivity contribution >= 4 is 5.91 Å². The summed E-state index contributed by atoms with van der Waals surface area (Å²) >= 11 is 0. The average molecular weight is 264 g/mol. The first kappa shape index (κ1) is 14.0. The van der Waals surface area contributed by atoms with Crippen molar-refractivity contribution in [1.29, 1.82) is 0 Å². The van der Waals surface area contributed by atoms with Crippen molar-refractivity contribution < 1.29 is 4.79 Å². The van der Waals surface area contributed by atoms with Gasteiger partial charge in [-0.3, -0.25) is 9.48 Å². The minimum atomic E-state index is 0.00434. The molecule has 106 valence electrons. The molecule has 1 amide bonds. The first-order valence-electron chi connectivity index (χ1n) is 7.37. The van der Waals surface area contributed by atoms with Gasteiger partial charge in [-0.1, -0.05) is 37.3 Å². The number of aryl methyl sites for hydroxylation is 1. The van der Waals surface area contributed by atoms with Crippen LogP contribution in [0.2, 0.25) is 0 Å². The van der Waals surface area contributed by atoms with Gasteiger partial charge in [0.15, 0.2) is 0 Å². The molecule has 19 heavy (non-hydrogen) atoms. The molecular formula is C14H24N4O. The fraction of sp³-hybridized carbons (Fsp3) is 0.786. The summed E-state index contributed by atoms with van der Waals surface area (Å²) in [4.78, 5) is 10.8. The van der Waals surface area contributed by atoms with Crippen LogP contribution in [0.3, 0.4) is 0 Å². The minimum absolute atomic E-state index is 0.00434. The molecule has 0 aromatic carbocycles. The molecule has 1 heterocycles. The largest absolute Gasteiger partial charge is 0.356 e. The van der Waals surface area contributed by atoms with Crippen molar-refractivity contribution in [2.24, 2.45) is 5.92 Å². The summed E-state index contributed by atoms with van der Waals surface area (Å²) in [5.74, 6) is 0.880. The van der Waals surface area contributed by atoms with Gasteiger partial charge in [0, 0.05) is 32.6 Å². The van der Waals surface area contributed by atoms with E-state index in [4.69, 9.17) is 0 Å². The van der Waals surface area contributed by atoms with E-state index in [0.717, 1.165) is 24.6 Å². The van der Waals surface area contributed by atoms with E-state index in [0.29, 0.717) is 6.54 Å². The Kier molecular flexibility index (Phi) is 5.36. The predicted octanol–water partition coefficient (Wildman–Crippen LogP) is 1.93. The van der Waals surface area contributed by atoms with Gasteiger partial charge in [0.2, 0.25) is 5.91 Å². The monoisotopic (exact) mass is 264 g/mol. The summed E-state index contributed by atoms with van der Waals surface area (Å²) in [5.41, 5.74) is 0.956. The molecule has 1 aliphatic carbocycles. The predicted molar refractivity (Wildman–Crippen MR) is 73.6 cm³/mol. The zero-order chi connectivity index (χ0) is 13.5. The number of rotatable bonds is 6. The van der Waals surface area contributed by atoms with Gasteiger partial charge in [0.05, 0.1) is 5.69 Å². The molecule has 0 aliphatic heterocycles. The van der Waals surface area contributed by atoms with Gasteiger partial charge in [-0.25, -0.2) is 0 Å². The van der Waals surface area contributed by atoms with E-state index in [-0.39, 0.29) is 5.91 Å². The van der Waals surface area contributed by atoms with Crippen LogP contribution < -0.4 is 5.32 Å². The lowest BCUT2D eigenvalue weighted by atomic mass is 9.87. The zero-order valence-electron chi connectivity index (χ0n) is 11.8. The fourth-order valence-electron chi connectivity index (χ4n) is 2.72. The molecule has 1 fully saturated rings. The van der Waals surface area contributed by atoms with Crippen molar-refractivity contribution in [2.45, 2.75) is 58.4 Å². The maximum Gasteiger partial charge on any atom is 0.216 e. The van der Waals surface area contributed by atoms with Crippen LogP contribution in [0.4, 0.5) is 0 Å². The Hall–Kier alpha value is -1.39. The highest BCUT2D eigenvalue weighted by Crippen LogP contribution is 2.26. The van der Waals surface area contributed by atoms with Gasteiger partial charge in [0.25, 0.3) is 0 Å². The number of aromatic nitrogens is 3. The van der Waals surface area contributed by atoms with Crippen LogP contribution in [-0.2, 0) is 17.8 Å². The van der Waals surface area contributed by atoms with Gasteiger partial charge in [-0.2, -0.15) is 0 Å². The van der Waals surface area contributed by atoms with Gasteiger partial charge in [-0.05, 0) is 12.3 Å². The molecule has 0 atom stereocenters. The van der Waals surface area contributed by atoms with Crippen molar-refractivity contribution in [1.82, 2.24) is 20.3 Å². The van der Waals surface area contributed by atoms with Crippen molar-refractivity contribution in [3.63, 3.8) is 0 Å². The second-order valence-electron chi connectivity index (χ2n) is 5.50. The van der Waals surface area contributed by atoms with E-state index in [1.807, 2.05) is 10.9 Å². The van der Waals surface area contributed by atoms with Gasteiger partial charge in [-0.15, -0.1) is 5.10 Å². The number of hydrogen-bond donors (Lipinski definition) is 1. The summed E-state index contributed by atoms with van der Waals surface area (Å²) < 4.78 is 1.94. The Morgan fingerprint density at radius 2 is 2.21 bits per heavy atom. The molecule has 1 aliphatic rings. The highest BCUT2D eigenvalue weighted by Gasteiger charge is 2.13. The Bertz CT molecular complexity index is 396. The molecule has 0 saturated heterocycles. The van der Waals surface area contributed by atoms with E-state index in [1.165, 1.54) is 45.4 Å². The second-order valence-corrected chi connectivity index (χ2v) is 5.50. The molecule has 1 saturated carbocycles. The summed E-state index contributed by atoms with van der Waals surface area (Å²) in [6.45, 7) is 3.13. The Labute approximate surface area is 114 Å². The van der Waals surface area contributed by atoms with E-state index < -0.39 is 0 Å². The van der Waals surface area contributed by atoms with E-state index in [1.54, 1.807) is 0 Å². The number of nitrogens with one attached hydrogen (secondary N) is 1. The van der Waals surface area contributed by atoms with Crippen LogP contribution in [0.1, 0.15) is 51.1 Å². The Balaban J connectivity index is 1.69. The molecule has 5 nitrogen and oxygen atoms in total. The number of amides is 1. The lowest BCUT2D eigenvalue weighted by Crippen LogP contribution is -2.22. The smallest absolute Gasteiger partial charge is 0.216 e. The molecule has 1 aromatic heterocycles. The van der Waals surface area contributed by atoms with Crippen LogP contribution in [-0.4, -0.2) is 27.4 Å². The summed E-state index contributed by atoms with van der Waals surface area (Å²) in [6.07, 6.45) is 10.9. The first-order chi connectivity index (χ1) is 9.24. The van der Waals surface area contributed by atoms with Crippen LogP contribution in [0.25, 0.3) is 0 Å². The fourth-order valence-corrected chi connectivity index (χ4v) is 2.72. The number of carbonyl (C=O) groups excluding carboxylic acids is 1. The standard InChI is InChI=1S/C14H24N4O/c1-12(19)15-9-7-14-11-18(17-16-14)10-8-13-5-3-2-4-6-13/h11,13H,2-10H2,1H3,(H,15,19). The van der Waals surface area contributed by atoms with E-state index >= 15 is 0 Å². The van der Waals surface area contributed by atoms with Crippen molar-refractivity contribution in [3.8, 4) is 0 Å². The van der Waals surface area contributed by atoms with Gasteiger partial charge in [0.1, 0.15) is 0 Å². The quantitative estimate of drug-likeness (QED) is 0.854. The van der Waals surface area contributed by atoms with Gasteiger partial charge >= 0.3 is 0 Å². The molecule has 0 bridgehead atoms. The highest BCUT2D eigenvalue weighted by molar-refractivity contribution is 5.72. The normalized spacial score (nSPS) is 16.5. The van der Waals surface area contributed by atoms with Crippen molar-refractivity contribution in [3.05, 3.63) is 11.9 Å². The summed E-state index contributed by atoms with van der Waals surface area (Å²) in [7, 11) is 0. The molecule has 2 rings (SSSR count). The maximum atomic E-state index is 10.8. The third kappa shape index (κ3) is 5.01. The lowest BCUT2D eigenvalue weighted by Gasteiger charge is -2.20. The summed E-state index contributed by atoms with van der Waals surface area (Å²) in [5, 5.41) is 11.1. The topological polar surface area (TPSA) is 59.8 Å². The average Bonchev–Trinajstić information content (AvgIpc) is 2.85. The third-order valence-electron chi connectivity index (χ3n) is 3.83. The second kappa shape index (κ2) is 7.26. The van der Waals surface area contributed by atoms with E-state index in [2.05, 4.69) is 15.6 Å². The first-order valence-corrected chi connectivity index (χ1v) is 7.37. The Morgan fingerprint density at radius 1 is 1.42 bits per heavy atom. The van der Waals surface area contributed by atoms with Crippen LogP contribution in [0.15, 0.2) is 6.20 Å². The minimum Gasteiger partial charge on any atom is -0.356 e. The lowest BCUT2D eigenvalue weighted by molar-refractivity contribution is -0.118. The third-order valence-corrected chi connectivity index (χ3v) is 3.83. The van der Waals surface area contributed by atoms with Crippen LogP contribution in [0.5, 0.6) is 0 Å². The van der Waals surface area contributed by atoms with Crippen molar-refractivity contribution in [2.75, 3.05) is 6.54 Å². The SMILES string of the molecule is CC(=O)NCCc1cn(CCC2CCCCC2)nn1.